The van der Waals surface area contributed by atoms with Gasteiger partial charge in [0.15, 0.2) is 5.78 Å². The first-order valence-corrected chi connectivity index (χ1v) is 10.9. The van der Waals surface area contributed by atoms with E-state index in [4.69, 9.17) is 14.2 Å². The minimum absolute atomic E-state index is 0.228. The average molecular weight is 442 g/mol. The molecule has 1 aromatic carbocycles. The second-order valence-corrected chi connectivity index (χ2v) is 8.44. The fourth-order valence-corrected chi connectivity index (χ4v) is 4.44. The lowest BCUT2D eigenvalue weighted by Crippen LogP contribution is -2.43. The number of rotatable bonds is 6. The number of methoxy groups -OCH3 is 2. The van der Waals surface area contributed by atoms with Crippen molar-refractivity contribution in [1.29, 1.82) is 0 Å². The fraction of sp³-hybridized carbons (Fsp3) is 0.480. The van der Waals surface area contributed by atoms with Gasteiger partial charge in [-0.1, -0.05) is 26.0 Å². The number of carbonyl (C=O) groups is 3. The molecule has 0 spiro atoms. The number of allylic oxidation sites excluding steroid dienone is 3. The van der Waals surface area contributed by atoms with Gasteiger partial charge in [0, 0.05) is 22.9 Å². The highest BCUT2D eigenvalue weighted by Gasteiger charge is 2.47. The fourth-order valence-electron chi connectivity index (χ4n) is 4.44. The molecule has 0 saturated carbocycles. The molecule has 0 bridgehead atoms. The lowest BCUT2D eigenvalue weighted by atomic mass is 9.69. The van der Waals surface area contributed by atoms with Crippen molar-refractivity contribution < 1.29 is 28.6 Å². The Labute approximate surface area is 188 Å². The first kappa shape index (κ1) is 23.6. The molecule has 172 valence electrons. The Balaban J connectivity index is 2.18. The van der Waals surface area contributed by atoms with Crippen molar-refractivity contribution in [3.63, 3.8) is 0 Å². The van der Waals surface area contributed by atoms with E-state index >= 15 is 0 Å². The van der Waals surface area contributed by atoms with Crippen LogP contribution in [-0.4, -0.2) is 38.0 Å². The van der Waals surface area contributed by atoms with Gasteiger partial charge in [0.2, 0.25) is 0 Å². The molecule has 1 heterocycles. The molecule has 7 heteroatoms. The van der Waals surface area contributed by atoms with E-state index in [-0.39, 0.29) is 17.8 Å². The number of Topliss-reactive ketones (excluding diaryl/α,β-unsaturated/α-hetero) is 1. The second kappa shape index (κ2) is 9.59. The van der Waals surface area contributed by atoms with Crippen LogP contribution in [0, 0.1) is 11.8 Å². The van der Waals surface area contributed by atoms with Crippen LogP contribution in [-0.2, 0) is 23.9 Å². The molecule has 1 aliphatic carbocycles. The van der Waals surface area contributed by atoms with Gasteiger partial charge >= 0.3 is 11.9 Å². The number of ether oxygens (including phenoxy) is 3. The van der Waals surface area contributed by atoms with Gasteiger partial charge in [0.1, 0.15) is 11.7 Å². The van der Waals surface area contributed by atoms with Crippen LogP contribution in [0.2, 0.25) is 0 Å². The molecule has 2 aliphatic rings. The van der Waals surface area contributed by atoms with E-state index in [2.05, 4.69) is 5.32 Å². The maximum absolute atomic E-state index is 13.7. The van der Waals surface area contributed by atoms with Gasteiger partial charge in [0.25, 0.3) is 0 Å². The predicted molar refractivity (Wildman–Crippen MR) is 119 cm³/mol. The maximum Gasteiger partial charge on any atom is 0.337 e. The number of esters is 2. The number of ketones is 1. The topological polar surface area (TPSA) is 90.9 Å². The first-order valence-electron chi connectivity index (χ1n) is 10.9. The van der Waals surface area contributed by atoms with Crippen molar-refractivity contribution in [1.82, 2.24) is 5.32 Å². The van der Waals surface area contributed by atoms with Crippen LogP contribution in [0.3, 0.4) is 0 Å². The van der Waals surface area contributed by atoms with E-state index in [9.17, 15) is 14.4 Å². The summed E-state index contributed by atoms with van der Waals surface area (Å²) in [5.41, 5.74) is 2.87. The van der Waals surface area contributed by atoms with Crippen molar-refractivity contribution in [3.05, 3.63) is 52.4 Å². The number of carbonyl (C=O) groups excluding carboxylic acids is 3. The van der Waals surface area contributed by atoms with Gasteiger partial charge in [-0.2, -0.15) is 0 Å². The quantitative estimate of drug-likeness (QED) is 0.532. The second-order valence-electron chi connectivity index (χ2n) is 8.44. The van der Waals surface area contributed by atoms with Gasteiger partial charge in [-0.3, -0.25) is 9.59 Å². The summed E-state index contributed by atoms with van der Waals surface area (Å²) in [6.07, 6.45) is 0.894. The number of hydrogen-bond donors (Lipinski definition) is 1. The summed E-state index contributed by atoms with van der Waals surface area (Å²) in [6, 6.07) is 7.28. The molecule has 1 N–H and O–H groups in total. The lowest BCUT2D eigenvalue weighted by molar-refractivity contribution is -0.151. The van der Waals surface area contributed by atoms with Crippen molar-refractivity contribution >= 4 is 17.7 Å². The molecule has 3 rings (SSSR count). The van der Waals surface area contributed by atoms with Crippen LogP contribution in [0.1, 0.15) is 52.0 Å². The molecule has 7 nitrogen and oxygen atoms in total. The van der Waals surface area contributed by atoms with Gasteiger partial charge in [-0.25, -0.2) is 4.79 Å². The van der Waals surface area contributed by atoms with Gasteiger partial charge in [0.05, 0.1) is 25.9 Å². The molecule has 4 atom stereocenters. The Morgan fingerprint density at radius 1 is 1.25 bits per heavy atom. The summed E-state index contributed by atoms with van der Waals surface area (Å²) < 4.78 is 16.0. The molecule has 1 aliphatic heterocycles. The molecule has 0 unspecified atom stereocenters. The molecular formula is C25H31NO6. The smallest absolute Gasteiger partial charge is 0.337 e. The average Bonchev–Trinajstić information content (AvgIpc) is 2.77. The molecule has 0 saturated heterocycles. The van der Waals surface area contributed by atoms with Crippen molar-refractivity contribution in [2.45, 2.75) is 52.6 Å². The van der Waals surface area contributed by atoms with Crippen molar-refractivity contribution in [2.75, 3.05) is 14.2 Å². The number of hydrogen-bond acceptors (Lipinski definition) is 7. The third kappa shape index (κ3) is 4.29. The summed E-state index contributed by atoms with van der Waals surface area (Å²) >= 11 is 0. The Morgan fingerprint density at radius 3 is 2.59 bits per heavy atom. The molecule has 0 amide bonds. The zero-order valence-corrected chi connectivity index (χ0v) is 19.5. The highest BCUT2D eigenvalue weighted by atomic mass is 16.5. The molecule has 0 radical (unpaired) electrons. The SMILES string of the molecule is CC[C@H](C)OC(=O)C1=C(C)NC2=C(C(=O)[C@H](C(=O)OC)[C@@H](C)C2)[C@H]1c1cccc(OC)c1. The Bertz CT molecular complexity index is 992. The summed E-state index contributed by atoms with van der Waals surface area (Å²) in [6.45, 7) is 7.43. The summed E-state index contributed by atoms with van der Waals surface area (Å²) in [5.74, 6) is -2.58. The van der Waals surface area contributed by atoms with E-state index in [1.807, 2.05) is 45.9 Å². The van der Waals surface area contributed by atoms with Crippen LogP contribution in [0.5, 0.6) is 5.75 Å². The Hall–Kier alpha value is -3.09. The van der Waals surface area contributed by atoms with Gasteiger partial charge in [-0.05, 0) is 50.3 Å². The van der Waals surface area contributed by atoms with E-state index in [0.717, 1.165) is 11.3 Å². The highest BCUT2D eigenvalue weighted by Crippen LogP contribution is 2.46. The van der Waals surface area contributed by atoms with Crippen LogP contribution >= 0.6 is 0 Å². The number of nitrogens with one attached hydrogen (secondary N) is 1. The number of dihydropyridines is 1. The molecule has 32 heavy (non-hydrogen) atoms. The first-order chi connectivity index (χ1) is 15.2. The third-order valence-corrected chi connectivity index (χ3v) is 6.27. The molecular weight excluding hydrogens is 410 g/mol. The monoisotopic (exact) mass is 441 g/mol. The van der Waals surface area contributed by atoms with Crippen LogP contribution < -0.4 is 10.1 Å². The normalized spacial score (nSPS) is 23.8. The highest BCUT2D eigenvalue weighted by molar-refractivity contribution is 6.12. The minimum Gasteiger partial charge on any atom is -0.497 e. The van der Waals surface area contributed by atoms with Crippen LogP contribution in [0.4, 0.5) is 0 Å². The van der Waals surface area contributed by atoms with E-state index < -0.39 is 23.8 Å². The summed E-state index contributed by atoms with van der Waals surface area (Å²) in [7, 11) is 2.84. The summed E-state index contributed by atoms with van der Waals surface area (Å²) in [4.78, 5) is 39.4. The van der Waals surface area contributed by atoms with E-state index in [0.29, 0.717) is 35.4 Å². The standard InChI is InChI=1S/C25H31NO6/c1-7-14(3)32-25(29)20-15(4)26-18-11-13(2)19(24(28)31-6)23(27)22(18)21(20)16-9-8-10-17(12-16)30-5/h8-10,12-14,19,21,26H,7,11H2,1-6H3/t13-,14-,19+,21-/m0/s1. The van der Waals surface area contributed by atoms with Crippen molar-refractivity contribution in [2.24, 2.45) is 11.8 Å². The van der Waals surface area contributed by atoms with Gasteiger partial charge in [-0.15, -0.1) is 0 Å². The minimum atomic E-state index is -0.918. The Kier molecular flexibility index (Phi) is 7.06. The maximum atomic E-state index is 13.7. The molecule has 1 aromatic rings. The Morgan fingerprint density at radius 2 is 1.97 bits per heavy atom. The summed E-state index contributed by atoms with van der Waals surface area (Å²) in [5, 5.41) is 3.26. The third-order valence-electron chi connectivity index (χ3n) is 6.27. The predicted octanol–water partition coefficient (Wildman–Crippen LogP) is 3.65. The zero-order chi connectivity index (χ0) is 23.6. The van der Waals surface area contributed by atoms with E-state index in [1.165, 1.54) is 7.11 Å². The molecule has 0 fully saturated rings. The largest absolute Gasteiger partial charge is 0.497 e. The van der Waals surface area contributed by atoms with Crippen LogP contribution in [0.25, 0.3) is 0 Å². The lowest BCUT2D eigenvalue weighted by Gasteiger charge is -2.38. The van der Waals surface area contributed by atoms with E-state index in [1.54, 1.807) is 13.2 Å². The number of benzene rings is 1. The molecule has 0 aromatic heterocycles. The van der Waals surface area contributed by atoms with Crippen LogP contribution in [0.15, 0.2) is 46.8 Å². The van der Waals surface area contributed by atoms with Gasteiger partial charge < -0.3 is 19.5 Å². The zero-order valence-electron chi connectivity index (χ0n) is 19.5. The van der Waals surface area contributed by atoms with Crippen molar-refractivity contribution in [3.8, 4) is 5.75 Å².